The molecular weight excluding hydrogens is 278 g/mol. The second kappa shape index (κ2) is 4.92. The van der Waals surface area contributed by atoms with E-state index in [2.05, 4.69) is 9.97 Å². The number of nitrogen functional groups attached to an aromatic ring is 1. The van der Waals surface area contributed by atoms with Crippen LogP contribution in [0.25, 0.3) is 11.1 Å². The van der Waals surface area contributed by atoms with Gasteiger partial charge in [-0.2, -0.15) is 0 Å². The van der Waals surface area contributed by atoms with Gasteiger partial charge in [-0.15, -0.1) is 0 Å². The van der Waals surface area contributed by atoms with Crippen molar-refractivity contribution in [3.8, 4) is 0 Å². The van der Waals surface area contributed by atoms with Gasteiger partial charge in [0.05, 0.1) is 12.9 Å². The van der Waals surface area contributed by atoms with Crippen molar-refractivity contribution in [3.63, 3.8) is 0 Å². The first-order valence-corrected chi connectivity index (χ1v) is 6.68. The number of furan rings is 1. The summed E-state index contributed by atoms with van der Waals surface area (Å²) in [5.74, 6) is 0.282. The molecule has 0 bridgehead atoms. The zero-order valence-corrected chi connectivity index (χ0v) is 11.4. The molecule has 1 unspecified atom stereocenters. The number of rotatable bonds is 3. The first kappa shape index (κ1) is 14.2. The molecular formula is C13H17N3O5. The number of aliphatic hydroxyl groups is 3. The fourth-order valence-corrected chi connectivity index (χ4v) is 2.69. The van der Waals surface area contributed by atoms with Crippen molar-refractivity contribution in [2.24, 2.45) is 0 Å². The van der Waals surface area contributed by atoms with E-state index in [1.165, 1.54) is 6.26 Å². The molecule has 8 heteroatoms. The molecule has 1 aliphatic rings. The summed E-state index contributed by atoms with van der Waals surface area (Å²) < 4.78 is 10.7. The Morgan fingerprint density at radius 2 is 2.19 bits per heavy atom. The lowest BCUT2D eigenvalue weighted by atomic mass is 9.87. The molecule has 3 heterocycles. The van der Waals surface area contributed by atoms with Crippen molar-refractivity contribution >= 4 is 16.9 Å². The third-order valence-electron chi connectivity index (χ3n) is 3.96. The molecule has 5 N–H and O–H groups in total. The Balaban J connectivity index is 2.08. The fourth-order valence-electron chi connectivity index (χ4n) is 2.69. The summed E-state index contributed by atoms with van der Waals surface area (Å²) in [6, 6.07) is 1.62. The monoisotopic (exact) mass is 295 g/mol. The highest BCUT2D eigenvalue weighted by atomic mass is 16.6. The van der Waals surface area contributed by atoms with Crippen LogP contribution in [0.2, 0.25) is 0 Å². The number of nitrogens with two attached hydrogens (primary N) is 1. The van der Waals surface area contributed by atoms with Gasteiger partial charge >= 0.3 is 0 Å². The standard InChI is InChI=1S/C13H17N3O5/c1-2-13(19)9(18)7(5-17)21-10(13)12-15-6-3-4-20-8(6)11(14)16-12/h3-4,7,9-10,17-19H,2,5H2,1H3,(H2,14,15,16)/t7-,9-,10?,13-/m1/s1. The second-order valence-corrected chi connectivity index (χ2v) is 5.13. The van der Waals surface area contributed by atoms with Gasteiger partial charge in [0.25, 0.3) is 0 Å². The van der Waals surface area contributed by atoms with Crippen molar-refractivity contribution in [1.29, 1.82) is 0 Å². The Morgan fingerprint density at radius 3 is 2.86 bits per heavy atom. The van der Waals surface area contributed by atoms with Gasteiger partial charge in [0.1, 0.15) is 29.4 Å². The highest BCUT2D eigenvalue weighted by molar-refractivity contribution is 5.82. The molecule has 3 rings (SSSR count). The summed E-state index contributed by atoms with van der Waals surface area (Å²) in [4.78, 5) is 8.36. The van der Waals surface area contributed by atoms with Crippen LogP contribution in [0, 0.1) is 0 Å². The summed E-state index contributed by atoms with van der Waals surface area (Å²) in [7, 11) is 0. The fraction of sp³-hybridized carbons (Fsp3) is 0.538. The van der Waals surface area contributed by atoms with Gasteiger partial charge in [-0.3, -0.25) is 0 Å². The van der Waals surface area contributed by atoms with E-state index >= 15 is 0 Å². The van der Waals surface area contributed by atoms with Crippen LogP contribution in [0.5, 0.6) is 0 Å². The molecule has 114 valence electrons. The van der Waals surface area contributed by atoms with Crippen LogP contribution in [-0.4, -0.2) is 49.7 Å². The number of fused-ring (bicyclic) bond motifs is 1. The summed E-state index contributed by atoms with van der Waals surface area (Å²) in [5.41, 5.74) is 5.07. The summed E-state index contributed by atoms with van der Waals surface area (Å²) in [6.07, 6.45) is -1.46. The van der Waals surface area contributed by atoms with Crippen molar-refractivity contribution < 1.29 is 24.5 Å². The van der Waals surface area contributed by atoms with E-state index in [0.717, 1.165) is 0 Å². The molecule has 1 fully saturated rings. The SMILES string of the molecule is CC[C@]1(O)C(c2nc(N)c3occc3n2)O[C@H](CO)[C@H]1O. The van der Waals surface area contributed by atoms with Crippen molar-refractivity contribution in [2.45, 2.75) is 37.3 Å². The predicted octanol–water partition coefficient (Wildman–Crippen LogP) is -0.261. The minimum atomic E-state index is -1.59. The molecule has 0 amide bonds. The molecule has 0 spiro atoms. The van der Waals surface area contributed by atoms with Gasteiger partial charge in [-0.25, -0.2) is 9.97 Å². The lowest BCUT2D eigenvalue weighted by Crippen LogP contribution is -2.45. The zero-order chi connectivity index (χ0) is 15.2. The van der Waals surface area contributed by atoms with Gasteiger partial charge in [0, 0.05) is 6.07 Å². The van der Waals surface area contributed by atoms with E-state index < -0.39 is 30.5 Å². The molecule has 0 aromatic carbocycles. The predicted molar refractivity (Wildman–Crippen MR) is 72.2 cm³/mol. The first-order valence-electron chi connectivity index (χ1n) is 6.68. The van der Waals surface area contributed by atoms with E-state index in [0.29, 0.717) is 11.1 Å². The van der Waals surface area contributed by atoms with Gasteiger partial charge in [-0.1, -0.05) is 6.92 Å². The Hall–Kier alpha value is -1.74. The number of aromatic nitrogens is 2. The van der Waals surface area contributed by atoms with E-state index in [1.54, 1.807) is 13.0 Å². The van der Waals surface area contributed by atoms with Crippen molar-refractivity contribution in [1.82, 2.24) is 9.97 Å². The van der Waals surface area contributed by atoms with Crippen molar-refractivity contribution in [3.05, 3.63) is 18.2 Å². The number of hydrogen-bond donors (Lipinski definition) is 4. The van der Waals surface area contributed by atoms with Crippen LogP contribution in [0.3, 0.4) is 0 Å². The number of nitrogens with zero attached hydrogens (tertiary/aromatic N) is 2. The van der Waals surface area contributed by atoms with Crippen LogP contribution in [0.15, 0.2) is 16.7 Å². The van der Waals surface area contributed by atoms with Gasteiger partial charge in [-0.05, 0) is 6.42 Å². The maximum atomic E-state index is 10.7. The number of anilines is 1. The Bertz CT molecular complexity index is 660. The molecule has 0 aliphatic carbocycles. The normalized spacial score (nSPS) is 32.9. The van der Waals surface area contributed by atoms with Crippen LogP contribution in [0.4, 0.5) is 5.82 Å². The van der Waals surface area contributed by atoms with Crippen LogP contribution < -0.4 is 5.73 Å². The first-order chi connectivity index (χ1) is 10.0. The van der Waals surface area contributed by atoms with Crippen LogP contribution in [-0.2, 0) is 4.74 Å². The summed E-state index contributed by atoms with van der Waals surface area (Å²) in [6.45, 7) is 1.29. The number of ether oxygens (including phenoxy) is 1. The molecule has 4 atom stereocenters. The number of hydrogen-bond acceptors (Lipinski definition) is 8. The quantitative estimate of drug-likeness (QED) is 0.608. The Labute approximate surface area is 120 Å². The molecule has 1 saturated heterocycles. The Morgan fingerprint density at radius 1 is 1.43 bits per heavy atom. The van der Waals surface area contributed by atoms with Gasteiger partial charge < -0.3 is 30.2 Å². The zero-order valence-electron chi connectivity index (χ0n) is 11.4. The smallest absolute Gasteiger partial charge is 0.194 e. The average molecular weight is 295 g/mol. The Kier molecular flexibility index (Phi) is 3.33. The van der Waals surface area contributed by atoms with E-state index in [9.17, 15) is 15.3 Å². The van der Waals surface area contributed by atoms with Gasteiger partial charge in [0.2, 0.25) is 0 Å². The minimum absolute atomic E-state index is 0.129. The van der Waals surface area contributed by atoms with E-state index in [4.69, 9.17) is 14.9 Å². The highest BCUT2D eigenvalue weighted by Crippen LogP contribution is 2.43. The molecule has 0 radical (unpaired) electrons. The molecule has 2 aromatic heterocycles. The third-order valence-corrected chi connectivity index (χ3v) is 3.96. The maximum Gasteiger partial charge on any atom is 0.194 e. The maximum absolute atomic E-state index is 10.7. The summed E-state index contributed by atoms with van der Waals surface area (Å²) in [5, 5.41) is 30.1. The largest absolute Gasteiger partial charge is 0.459 e. The lowest BCUT2D eigenvalue weighted by Gasteiger charge is -2.28. The second-order valence-electron chi connectivity index (χ2n) is 5.13. The lowest BCUT2D eigenvalue weighted by molar-refractivity contribution is -0.0840. The molecule has 0 saturated carbocycles. The van der Waals surface area contributed by atoms with Crippen molar-refractivity contribution in [2.75, 3.05) is 12.3 Å². The molecule has 21 heavy (non-hydrogen) atoms. The summed E-state index contributed by atoms with van der Waals surface area (Å²) >= 11 is 0. The van der Waals surface area contributed by atoms with Crippen LogP contribution in [0.1, 0.15) is 25.3 Å². The molecule has 2 aromatic rings. The van der Waals surface area contributed by atoms with E-state index in [1.807, 2.05) is 0 Å². The minimum Gasteiger partial charge on any atom is -0.459 e. The highest BCUT2D eigenvalue weighted by Gasteiger charge is 2.55. The topological polar surface area (TPSA) is 135 Å². The third kappa shape index (κ3) is 1.99. The average Bonchev–Trinajstić information content (AvgIpc) is 3.04. The van der Waals surface area contributed by atoms with E-state index in [-0.39, 0.29) is 18.1 Å². The molecule has 8 nitrogen and oxygen atoms in total. The van der Waals surface area contributed by atoms with Crippen LogP contribution >= 0.6 is 0 Å². The number of aliphatic hydroxyl groups excluding tert-OH is 2. The molecule has 1 aliphatic heterocycles. The van der Waals surface area contributed by atoms with Gasteiger partial charge in [0.15, 0.2) is 17.2 Å².